The van der Waals surface area contributed by atoms with Crippen molar-refractivity contribution < 1.29 is 17.9 Å². The van der Waals surface area contributed by atoms with Crippen molar-refractivity contribution in [1.29, 1.82) is 0 Å². The molecule has 3 heterocycles. The molecule has 1 aliphatic rings. The molecule has 7 nitrogen and oxygen atoms in total. The first-order valence-electron chi connectivity index (χ1n) is 8.06. The van der Waals surface area contributed by atoms with Crippen LogP contribution >= 0.6 is 11.3 Å². The number of esters is 1. The molecule has 2 aromatic heterocycles. The van der Waals surface area contributed by atoms with Crippen LogP contribution < -0.4 is 5.56 Å². The molecular weight excluding hydrogens is 364 g/mol. The zero-order chi connectivity index (χ0) is 18.4. The molecule has 0 amide bonds. The maximum Gasteiger partial charge on any atom is 0.306 e. The number of nitrogens with one attached hydrogen (secondary N) is 1. The Bertz CT molecular complexity index is 990. The Hall–Kier alpha value is -1.74. The summed E-state index contributed by atoms with van der Waals surface area (Å²) in [6, 6.07) is 0. The number of sulfone groups is 1. The van der Waals surface area contributed by atoms with Gasteiger partial charge in [-0.3, -0.25) is 9.59 Å². The summed E-state index contributed by atoms with van der Waals surface area (Å²) >= 11 is 1.43. The van der Waals surface area contributed by atoms with Crippen LogP contribution in [0.3, 0.4) is 0 Å². The molecule has 1 aliphatic heterocycles. The molecule has 0 spiro atoms. The average molecular weight is 384 g/mol. The van der Waals surface area contributed by atoms with Gasteiger partial charge >= 0.3 is 5.97 Å². The van der Waals surface area contributed by atoms with Crippen molar-refractivity contribution in [3.8, 4) is 0 Å². The first kappa shape index (κ1) is 18.1. The van der Waals surface area contributed by atoms with Gasteiger partial charge in [0.2, 0.25) is 0 Å². The second-order valence-corrected chi connectivity index (χ2v) is 9.95. The van der Waals surface area contributed by atoms with E-state index in [1.165, 1.54) is 11.3 Å². The lowest BCUT2D eigenvalue weighted by atomic mass is 10.1. The maximum atomic E-state index is 12.3. The van der Waals surface area contributed by atoms with Crippen molar-refractivity contribution in [2.24, 2.45) is 5.92 Å². The minimum absolute atomic E-state index is 0.0330. The van der Waals surface area contributed by atoms with E-state index in [1.807, 2.05) is 13.8 Å². The van der Waals surface area contributed by atoms with Crippen LogP contribution in [0, 0.1) is 19.8 Å². The van der Waals surface area contributed by atoms with E-state index in [2.05, 4.69) is 9.97 Å². The van der Waals surface area contributed by atoms with Crippen LogP contribution in [-0.2, 0) is 19.4 Å². The van der Waals surface area contributed by atoms with Gasteiger partial charge in [-0.1, -0.05) is 0 Å². The number of fused-ring (bicyclic) bond motifs is 1. The summed E-state index contributed by atoms with van der Waals surface area (Å²) in [5, 5.41) is 0.570. The highest BCUT2D eigenvalue weighted by Crippen LogP contribution is 2.27. The van der Waals surface area contributed by atoms with Gasteiger partial charge in [-0.05, 0) is 38.7 Å². The van der Waals surface area contributed by atoms with Crippen LogP contribution in [0.4, 0.5) is 0 Å². The SMILES string of the molecule is Cc1sc2nc([C@@H](C)OC(=O)C[C@H]3CCS(=O)(=O)C3)[nH]c(=O)c2c1C. The molecule has 0 radical (unpaired) electrons. The van der Waals surface area contributed by atoms with Gasteiger partial charge < -0.3 is 9.72 Å². The average Bonchev–Trinajstić information content (AvgIpc) is 2.98. The van der Waals surface area contributed by atoms with Crippen LogP contribution in [-0.4, -0.2) is 35.9 Å². The highest BCUT2D eigenvalue weighted by atomic mass is 32.2. The Labute approximate surface area is 149 Å². The van der Waals surface area contributed by atoms with E-state index < -0.39 is 21.9 Å². The second-order valence-electron chi connectivity index (χ2n) is 6.52. The van der Waals surface area contributed by atoms with Crippen molar-refractivity contribution >= 4 is 37.4 Å². The van der Waals surface area contributed by atoms with Crippen LogP contribution in [0.1, 0.15) is 42.1 Å². The van der Waals surface area contributed by atoms with Crippen molar-refractivity contribution in [2.75, 3.05) is 11.5 Å². The van der Waals surface area contributed by atoms with Crippen molar-refractivity contribution in [2.45, 2.75) is 39.7 Å². The zero-order valence-electron chi connectivity index (χ0n) is 14.3. The summed E-state index contributed by atoms with van der Waals surface area (Å²) in [6.07, 6.45) is -0.154. The minimum Gasteiger partial charge on any atom is -0.454 e. The number of ether oxygens (including phenoxy) is 1. The Morgan fingerprint density at radius 2 is 2.16 bits per heavy atom. The van der Waals surface area contributed by atoms with E-state index >= 15 is 0 Å². The summed E-state index contributed by atoms with van der Waals surface area (Å²) in [5.41, 5.74) is 0.666. The van der Waals surface area contributed by atoms with Gasteiger partial charge in [-0.25, -0.2) is 13.4 Å². The fourth-order valence-electron chi connectivity index (χ4n) is 3.03. The molecule has 1 N–H and O–H groups in total. The van der Waals surface area contributed by atoms with E-state index in [4.69, 9.17) is 4.74 Å². The number of aromatic amines is 1. The molecule has 1 saturated heterocycles. The molecule has 2 aromatic rings. The van der Waals surface area contributed by atoms with Crippen molar-refractivity contribution in [3.63, 3.8) is 0 Å². The summed E-state index contributed by atoms with van der Waals surface area (Å²) in [4.78, 5) is 33.1. The standard InChI is InChI=1S/C16H20N2O5S2/c1-8-10(3)24-16-13(8)15(20)17-14(18-16)9(2)23-12(19)6-11-4-5-25(21,22)7-11/h9,11H,4-7H2,1-3H3,(H,17,18,20)/t9-,11-/m1/s1. The van der Waals surface area contributed by atoms with E-state index in [1.54, 1.807) is 6.92 Å². The number of carbonyl (C=O) groups excluding carboxylic acids is 1. The largest absolute Gasteiger partial charge is 0.454 e. The Morgan fingerprint density at radius 1 is 1.44 bits per heavy atom. The van der Waals surface area contributed by atoms with E-state index in [0.29, 0.717) is 22.5 Å². The highest BCUT2D eigenvalue weighted by molar-refractivity contribution is 7.91. The van der Waals surface area contributed by atoms with E-state index in [9.17, 15) is 18.0 Å². The number of carbonyl (C=O) groups is 1. The Balaban J connectivity index is 1.73. The summed E-state index contributed by atoms with van der Waals surface area (Å²) < 4.78 is 28.3. The van der Waals surface area contributed by atoms with E-state index in [0.717, 1.165) is 10.4 Å². The number of nitrogens with zero attached hydrogens (tertiary/aromatic N) is 1. The van der Waals surface area contributed by atoms with Crippen LogP contribution in [0.15, 0.2) is 4.79 Å². The number of hydrogen-bond donors (Lipinski definition) is 1. The third-order valence-corrected chi connectivity index (χ3v) is 7.47. The lowest BCUT2D eigenvalue weighted by Gasteiger charge is -2.14. The van der Waals surface area contributed by atoms with Crippen molar-refractivity contribution in [3.05, 3.63) is 26.6 Å². The zero-order valence-corrected chi connectivity index (χ0v) is 15.9. The molecular formula is C16H20N2O5S2. The Morgan fingerprint density at radius 3 is 2.80 bits per heavy atom. The number of thiophene rings is 1. The first-order chi connectivity index (χ1) is 11.7. The molecule has 0 aliphatic carbocycles. The highest BCUT2D eigenvalue weighted by Gasteiger charge is 2.30. The van der Waals surface area contributed by atoms with E-state index in [-0.39, 0.29) is 29.4 Å². The normalized spacial score (nSPS) is 20.7. The molecule has 9 heteroatoms. The summed E-state index contributed by atoms with van der Waals surface area (Å²) in [7, 11) is -3.02. The fourth-order valence-corrected chi connectivity index (χ4v) is 5.93. The molecule has 2 atom stereocenters. The van der Waals surface area contributed by atoms with Crippen LogP contribution in [0.2, 0.25) is 0 Å². The molecule has 3 rings (SSSR count). The lowest BCUT2D eigenvalue weighted by Crippen LogP contribution is -2.19. The number of aromatic nitrogens is 2. The monoisotopic (exact) mass is 384 g/mol. The molecule has 0 aromatic carbocycles. The topological polar surface area (TPSA) is 106 Å². The number of H-pyrrole nitrogens is 1. The van der Waals surface area contributed by atoms with Gasteiger partial charge in [0.25, 0.3) is 5.56 Å². The Kier molecular flexibility index (Phi) is 4.72. The summed E-state index contributed by atoms with van der Waals surface area (Å²) in [6.45, 7) is 5.45. The van der Waals surface area contributed by atoms with Gasteiger partial charge in [0.15, 0.2) is 21.8 Å². The van der Waals surface area contributed by atoms with Gasteiger partial charge in [0.1, 0.15) is 4.83 Å². The predicted octanol–water partition coefficient (Wildman–Crippen LogP) is 2.03. The quantitative estimate of drug-likeness (QED) is 0.809. The fraction of sp³-hybridized carbons (Fsp3) is 0.562. The third kappa shape index (κ3) is 3.77. The predicted molar refractivity (Wildman–Crippen MR) is 95.6 cm³/mol. The van der Waals surface area contributed by atoms with Gasteiger partial charge in [-0.15, -0.1) is 11.3 Å². The number of aryl methyl sites for hydroxylation is 2. The minimum atomic E-state index is -3.02. The number of hydrogen-bond acceptors (Lipinski definition) is 7. The molecule has 0 bridgehead atoms. The second kappa shape index (κ2) is 6.53. The smallest absolute Gasteiger partial charge is 0.306 e. The van der Waals surface area contributed by atoms with Gasteiger partial charge in [0, 0.05) is 11.3 Å². The van der Waals surface area contributed by atoms with Gasteiger partial charge in [-0.2, -0.15) is 0 Å². The van der Waals surface area contributed by atoms with Crippen LogP contribution in [0.5, 0.6) is 0 Å². The number of rotatable bonds is 4. The third-order valence-electron chi connectivity index (χ3n) is 4.53. The van der Waals surface area contributed by atoms with Crippen LogP contribution in [0.25, 0.3) is 10.2 Å². The lowest BCUT2D eigenvalue weighted by molar-refractivity contribution is -0.149. The first-order valence-corrected chi connectivity index (χ1v) is 10.7. The summed E-state index contributed by atoms with van der Waals surface area (Å²) in [5.74, 6) is -0.210. The molecule has 1 fully saturated rings. The molecule has 136 valence electrons. The molecule has 0 unspecified atom stereocenters. The maximum absolute atomic E-state index is 12.3. The van der Waals surface area contributed by atoms with Gasteiger partial charge in [0.05, 0.1) is 16.9 Å². The molecule has 25 heavy (non-hydrogen) atoms. The van der Waals surface area contributed by atoms with Crippen molar-refractivity contribution in [1.82, 2.24) is 9.97 Å². The molecule has 0 saturated carbocycles.